The lowest BCUT2D eigenvalue weighted by Crippen LogP contribution is -2.56. The summed E-state index contributed by atoms with van der Waals surface area (Å²) in [6.07, 6.45) is -4.42. The number of amides is 1. The highest BCUT2D eigenvalue weighted by Gasteiger charge is 2.41. The normalized spacial score (nSPS) is 14.0. The first-order chi connectivity index (χ1) is 20.6. The van der Waals surface area contributed by atoms with E-state index in [4.69, 9.17) is 24.8 Å². The summed E-state index contributed by atoms with van der Waals surface area (Å²) in [6.45, 7) is 0.681. The third-order valence-corrected chi connectivity index (χ3v) is 6.65. The summed E-state index contributed by atoms with van der Waals surface area (Å²) >= 11 is 0. The van der Waals surface area contributed by atoms with Crippen LogP contribution in [0.4, 0.5) is 0 Å². The van der Waals surface area contributed by atoms with E-state index in [0.717, 1.165) is 22.3 Å². The first-order valence-electron chi connectivity index (χ1n) is 13.9. The molecule has 0 saturated carbocycles. The third-order valence-electron chi connectivity index (χ3n) is 6.65. The molecule has 0 aromatic heterocycles. The molecule has 220 valence electrons. The van der Waals surface area contributed by atoms with Crippen molar-refractivity contribution in [3.63, 3.8) is 0 Å². The molecule has 0 spiro atoms. The van der Waals surface area contributed by atoms with Gasteiger partial charge in [0.25, 0.3) is 5.91 Å². The van der Waals surface area contributed by atoms with Gasteiger partial charge >= 0.3 is 0 Å². The van der Waals surface area contributed by atoms with Crippen LogP contribution < -0.4 is 11.3 Å². The fourth-order valence-corrected chi connectivity index (χ4v) is 4.44. The van der Waals surface area contributed by atoms with Gasteiger partial charge in [-0.25, -0.2) is 5.84 Å². The number of nitrogens with one attached hydrogen (secondary N) is 1. The average Bonchev–Trinajstić information content (AvgIpc) is 3.05. The number of rotatable bonds is 17. The molecular weight excluding hydrogens is 532 g/mol. The Kier molecular flexibility index (Phi) is 12.7. The molecule has 4 aromatic rings. The van der Waals surface area contributed by atoms with Crippen LogP contribution in [0.2, 0.25) is 0 Å². The second-order valence-electron chi connectivity index (χ2n) is 9.82. The lowest BCUT2D eigenvalue weighted by Gasteiger charge is -2.35. The van der Waals surface area contributed by atoms with Crippen molar-refractivity contribution in [1.29, 1.82) is 0 Å². The van der Waals surface area contributed by atoms with Crippen molar-refractivity contribution in [2.24, 2.45) is 5.84 Å². The Hall–Kier alpha value is -3.89. The van der Waals surface area contributed by atoms with Gasteiger partial charge in [0.15, 0.2) is 6.10 Å². The molecule has 4 N–H and O–H groups in total. The Bertz CT molecular complexity index is 1290. The highest BCUT2D eigenvalue weighted by molar-refractivity contribution is 5.81. The number of hydrogen-bond donors (Lipinski definition) is 3. The predicted octanol–water partition coefficient (Wildman–Crippen LogP) is 4.31. The van der Waals surface area contributed by atoms with Gasteiger partial charge in [-0.15, -0.1) is 0 Å². The molecule has 8 heteroatoms. The number of aliphatic hydroxyl groups is 1. The summed E-state index contributed by atoms with van der Waals surface area (Å²) in [5, 5.41) is 11.5. The number of ether oxygens (including phenoxy) is 4. The van der Waals surface area contributed by atoms with Crippen LogP contribution in [0.15, 0.2) is 121 Å². The van der Waals surface area contributed by atoms with Gasteiger partial charge in [0, 0.05) is 0 Å². The lowest BCUT2D eigenvalue weighted by molar-refractivity contribution is -0.191. The molecule has 42 heavy (non-hydrogen) atoms. The van der Waals surface area contributed by atoms with E-state index in [2.05, 4.69) is 5.43 Å². The van der Waals surface area contributed by atoms with E-state index in [-0.39, 0.29) is 26.4 Å². The Morgan fingerprint density at radius 3 is 1.40 bits per heavy atom. The summed E-state index contributed by atoms with van der Waals surface area (Å²) < 4.78 is 24.7. The van der Waals surface area contributed by atoms with Crippen molar-refractivity contribution in [2.75, 3.05) is 6.61 Å². The molecule has 0 heterocycles. The summed E-state index contributed by atoms with van der Waals surface area (Å²) in [6, 6.07) is 38.3. The molecule has 0 saturated heterocycles. The van der Waals surface area contributed by atoms with Gasteiger partial charge in [-0.3, -0.25) is 10.2 Å². The highest BCUT2D eigenvalue weighted by Crippen LogP contribution is 2.22. The molecule has 4 rings (SSSR count). The van der Waals surface area contributed by atoms with E-state index in [1.807, 2.05) is 121 Å². The van der Waals surface area contributed by atoms with Crippen molar-refractivity contribution in [2.45, 2.75) is 50.8 Å². The maximum atomic E-state index is 13.2. The van der Waals surface area contributed by atoms with Crippen LogP contribution in [0.3, 0.4) is 0 Å². The minimum absolute atomic E-state index is 0.0603. The molecule has 0 fully saturated rings. The topological polar surface area (TPSA) is 112 Å². The molecular formula is C34H38N2O6. The predicted molar refractivity (Wildman–Crippen MR) is 159 cm³/mol. The number of carbonyl (C=O) groups excluding carboxylic acids is 1. The summed E-state index contributed by atoms with van der Waals surface area (Å²) in [5.41, 5.74) is 5.81. The number of benzene rings is 4. The van der Waals surface area contributed by atoms with Crippen LogP contribution in [0, 0.1) is 0 Å². The molecule has 4 aromatic carbocycles. The number of nitrogens with two attached hydrogens (primary N) is 1. The lowest BCUT2D eigenvalue weighted by atomic mass is 10.0. The average molecular weight is 571 g/mol. The zero-order valence-electron chi connectivity index (χ0n) is 23.5. The largest absolute Gasteiger partial charge is 0.388 e. The van der Waals surface area contributed by atoms with Gasteiger partial charge in [0.1, 0.15) is 18.3 Å². The zero-order valence-corrected chi connectivity index (χ0v) is 23.5. The minimum atomic E-state index is -1.21. The SMILES string of the molecule is NNC(=O)[C@H](OCc1ccccc1)[C@@H](OCc1ccccc1)[C@H](OCc1ccccc1)[C@H](O)COCc1ccccc1. The molecule has 0 aliphatic carbocycles. The van der Waals surface area contributed by atoms with Gasteiger partial charge < -0.3 is 24.1 Å². The molecule has 0 aliphatic heterocycles. The first kappa shape index (κ1) is 31.1. The fourth-order valence-electron chi connectivity index (χ4n) is 4.44. The number of hydrogen-bond acceptors (Lipinski definition) is 7. The maximum absolute atomic E-state index is 13.2. The summed E-state index contributed by atoms with van der Waals surface area (Å²) in [5.74, 6) is 5.01. The first-order valence-corrected chi connectivity index (χ1v) is 13.9. The Morgan fingerprint density at radius 1 is 0.595 bits per heavy atom. The molecule has 1 amide bonds. The van der Waals surface area contributed by atoms with E-state index in [1.54, 1.807) is 0 Å². The highest BCUT2D eigenvalue weighted by atomic mass is 16.6. The van der Waals surface area contributed by atoms with E-state index in [1.165, 1.54) is 0 Å². The molecule has 8 nitrogen and oxygen atoms in total. The quantitative estimate of drug-likeness (QED) is 0.0985. The Morgan fingerprint density at radius 2 is 0.976 bits per heavy atom. The Balaban J connectivity index is 1.59. The molecule has 0 aliphatic rings. The van der Waals surface area contributed by atoms with Crippen LogP contribution in [-0.4, -0.2) is 42.0 Å². The molecule has 0 radical (unpaired) electrons. The molecule has 0 bridgehead atoms. The van der Waals surface area contributed by atoms with Crippen LogP contribution in [-0.2, 0) is 50.2 Å². The second-order valence-corrected chi connectivity index (χ2v) is 9.82. The van der Waals surface area contributed by atoms with Gasteiger partial charge in [-0.05, 0) is 22.3 Å². The van der Waals surface area contributed by atoms with Gasteiger partial charge in [-0.2, -0.15) is 0 Å². The smallest absolute Gasteiger partial charge is 0.265 e. The van der Waals surface area contributed by atoms with Crippen LogP contribution in [0.1, 0.15) is 22.3 Å². The standard InChI is InChI=1S/C34H38N2O6/c35-36-34(38)33(42-24-29-19-11-4-12-20-29)32(41-23-28-17-9-3-10-18-28)31(40-22-27-15-7-2-8-16-27)30(37)25-39-21-26-13-5-1-6-14-26/h1-20,30-33,37H,21-25,35H2,(H,36,38)/t30-,31-,32+,33-/m1/s1. The number of hydrazine groups is 1. The molecule has 4 atom stereocenters. The van der Waals surface area contributed by atoms with Gasteiger partial charge in [0.2, 0.25) is 0 Å². The van der Waals surface area contributed by atoms with E-state index < -0.39 is 30.3 Å². The number of aliphatic hydroxyl groups excluding tert-OH is 1. The number of carbonyl (C=O) groups is 1. The second kappa shape index (κ2) is 17.2. The van der Waals surface area contributed by atoms with Crippen molar-refractivity contribution in [1.82, 2.24) is 5.43 Å². The third kappa shape index (κ3) is 9.88. The monoisotopic (exact) mass is 570 g/mol. The van der Waals surface area contributed by atoms with E-state index in [9.17, 15) is 9.90 Å². The molecule has 0 unspecified atom stereocenters. The Labute approximate surface area is 247 Å². The zero-order chi connectivity index (χ0) is 29.4. The van der Waals surface area contributed by atoms with Crippen molar-refractivity contribution < 1.29 is 28.8 Å². The maximum Gasteiger partial charge on any atom is 0.265 e. The van der Waals surface area contributed by atoms with Gasteiger partial charge in [0.05, 0.1) is 33.0 Å². The van der Waals surface area contributed by atoms with Crippen molar-refractivity contribution in [3.05, 3.63) is 144 Å². The van der Waals surface area contributed by atoms with E-state index >= 15 is 0 Å². The van der Waals surface area contributed by atoms with Crippen molar-refractivity contribution >= 4 is 5.91 Å². The summed E-state index contributed by atoms with van der Waals surface area (Å²) in [4.78, 5) is 13.2. The fraction of sp³-hybridized carbons (Fsp3) is 0.265. The van der Waals surface area contributed by atoms with E-state index in [0.29, 0.717) is 6.61 Å². The summed E-state index contributed by atoms with van der Waals surface area (Å²) in [7, 11) is 0. The van der Waals surface area contributed by atoms with Crippen LogP contribution in [0.5, 0.6) is 0 Å². The van der Waals surface area contributed by atoms with Crippen molar-refractivity contribution in [3.8, 4) is 0 Å². The van der Waals surface area contributed by atoms with Crippen LogP contribution >= 0.6 is 0 Å². The van der Waals surface area contributed by atoms with Gasteiger partial charge in [-0.1, -0.05) is 121 Å². The minimum Gasteiger partial charge on any atom is -0.388 e. The van der Waals surface area contributed by atoms with Crippen LogP contribution in [0.25, 0.3) is 0 Å².